The molecule has 0 amide bonds. The van der Waals surface area contributed by atoms with Gasteiger partial charge in [-0.2, -0.15) is 0 Å². The third-order valence-corrected chi connectivity index (χ3v) is 4.14. The molecule has 2 N–H and O–H groups in total. The molecule has 0 fully saturated rings. The Kier molecular flexibility index (Phi) is 9.55. The lowest BCUT2D eigenvalue weighted by Crippen LogP contribution is -2.05. The Morgan fingerprint density at radius 1 is 0.621 bits per heavy atom. The van der Waals surface area contributed by atoms with Crippen LogP contribution >= 0.6 is 0 Å². The fourth-order valence-electron chi connectivity index (χ4n) is 2.62. The van der Waals surface area contributed by atoms with E-state index < -0.39 is 0 Å². The molecular formula is C23H30N2O4. The zero-order valence-electron chi connectivity index (χ0n) is 17.2. The second-order valence-electron chi connectivity index (χ2n) is 6.33. The smallest absolute Gasteiger partial charge is 0.213 e. The molecule has 0 aliphatic rings. The molecule has 0 aliphatic carbocycles. The van der Waals surface area contributed by atoms with E-state index in [0.717, 1.165) is 41.9 Å². The molecule has 2 aromatic carbocycles. The van der Waals surface area contributed by atoms with Gasteiger partial charge < -0.3 is 18.9 Å². The van der Waals surface area contributed by atoms with Crippen LogP contribution in [0.1, 0.15) is 44.2 Å². The third-order valence-electron chi connectivity index (χ3n) is 4.14. The molecule has 0 bridgehead atoms. The Morgan fingerprint density at radius 2 is 1.00 bits per heavy atom. The van der Waals surface area contributed by atoms with Gasteiger partial charge in [-0.3, -0.25) is 10.8 Å². The molecule has 6 nitrogen and oxygen atoms in total. The predicted molar refractivity (Wildman–Crippen MR) is 115 cm³/mol. The van der Waals surface area contributed by atoms with Gasteiger partial charge in [-0.25, -0.2) is 0 Å². The molecule has 6 heteroatoms. The van der Waals surface area contributed by atoms with Crippen molar-refractivity contribution in [2.24, 2.45) is 0 Å². The summed E-state index contributed by atoms with van der Waals surface area (Å²) in [5.41, 5.74) is 1.50. The van der Waals surface area contributed by atoms with E-state index in [1.165, 1.54) is 0 Å². The summed E-state index contributed by atoms with van der Waals surface area (Å²) in [5, 5.41) is 15.5. The molecule has 29 heavy (non-hydrogen) atoms. The van der Waals surface area contributed by atoms with Crippen LogP contribution in [0, 0.1) is 10.8 Å². The van der Waals surface area contributed by atoms with Gasteiger partial charge in [0.05, 0.1) is 26.4 Å². The van der Waals surface area contributed by atoms with E-state index in [1.807, 2.05) is 62.4 Å². The van der Waals surface area contributed by atoms with Crippen LogP contribution in [0.4, 0.5) is 0 Å². The number of rotatable bonds is 12. The first-order valence-corrected chi connectivity index (χ1v) is 10.0. The molecule has 2 rings (SSSR count). The Bertz CT molecular complexity index is 692. The zero-order chi connectivity index (χ0) is 20.9. The van der Waals surface area contributed by atoms with E-state index in [-0.39, 0.29) is 11.8 Å². The molecule has 0 aromatic heterocycles. The average Bonchev–Trinajstić information content (AvgIpc) is 2.74. The van der Waals surface area contributed by atoms with Gasteiger partial charge in [0.2, 0.25) is 11.8 Å². The van der Waals surface area contributed by atoms with Crippen molar-refractivity contribution >= 4 is 11.8 Å². The monoisotopic (exact) mass is 398 g/mol. The van der Waals surface area contributed by atoms with Crippen molar-refractivity contribution in [2.45, 2.75) is 33.1 Å². The standard InChI is InChI=1S/C23H30N2O4/c1-3-26-22(24)18-8-12-20(13-9-18)28-16-6-5-7-17-29-21-14-10-19(11-15-21)23(25)27-4-2/h8-15,24-25H,3-7,16-17H2,1-2H3. The zero-order valence-corrected chi connectivity index (χ0v) is 17.2. The fraction of sp³-hybridized carbons (Fsp3) is 0.391. The van der Waals surface area contributed by atoms with Gasteiger partial charge in [-0.1, -0.05) is 0 Å². The Labute approximate surface area is 172 Å². The van der Waals surface area contributed by atoms with Gasteiger partial charge in [-0.15, -0.1) is 0 Å². The molecule has 2 aromatic rings. The van der Waals surface area contributed by atoms with Crippen molar-refractivity contribution in [3.05, 3.63) is 59.7 Å². The Balaban J connectivity index is 1.58. The summed E-state index contributed by atoms with van der Waals surface area (Å²) >= 11 is 0. The number of unbranched alkanes of at least 4 members (excludes halogenated alkanes) is 2. The molecule has 0 aliphatic heterocycles. The van der Waals surface area contributed by atoms with Crippen molar-refractivity contribution in [1.29, 1.82) is 10.8 Å². The molecule has 0 spiro atoms. The molecule has 0 radical (unpaired) electrons. The normalized spacial score (nSPS) is 10.3. The van der Waals surface area contributed by atoms with E-state index >= 15 is 0 Å². The lowest BCUT2D eigenvalue weighted by molar-refractivity contribution is 0.279. The van der Waals surface area contributed by atoms with Crippen LogP contribution < -0.4 is 9.47 Å². The van der Waals surface area contributed by atoms with E-state index in [1.54, 1.807) is 0 Å². The lowest BCUT2D eigenvalue weighted by Gasteiger charge is -2.09. The average molecular weight is 399 g/mol. The minimum Gasteiger partial charge on any atom is -0.494 e. The summed E-state index contributed by atoms with van der Waals surface area (Å²) in [6, 6.07) is 14.8. The molecule has 0 saturated carbocycles. The van der Waals surface area contributed by atoms with Crippen molar-refractivity contribution in [3.63, 3.8) is 0 Å². The van der Waals surface area contributed by atoms with Gasteiger partial charge in [0, 0.05) is 11.1 Å². The summed E-state index contributed by atoms with van der Waals surface area (Å²) < 4.78 is 21.8. The number of nitrogens with one attached hydrogen (secondary N) is 2. The first-order chi connectivity index (χ1) is 14.1. The summed E-state index contributed by atoms with van der Waals surface area (Å²) in [5.74, 6) is 1.96. The molecule has 0 atom stereocenters. The highest BCUT2D eigenvalue weighted by Crippen LogP contribution is 2.15. The van der Waals surface area contributed by atoms with Gasteiger partial charge in [0.15, 0.2) is 0 Å². The SMILES string of the molecule is CCOC(=N)c1ccc(OCCCCCOc2ccc(C(=N)OCC)cc2)cc1. The van der Waals surface area contributed by atoms with Crippen molar-refractivity contribution in [3.8, 4) is 11.5 Å². The Hall–Kier alpha value is -3.02. The number of hydrogen-bond donors (Lipinski definition) is 2. The molecule has 0 unspecified atom stereocenters. The van der Waals surface area contributed by atoms with Gasteiger partial charge in [0.25, 0.3) is 0 Å². The van der Waals surface area contributed by atoms with Crippen molar-refractivity contribution in [1.82, 2.24) is 0 Å². The first-order valence-electron chi connectivity index (χ1n) is 10.0. The van der Waals surface area contributed by atoms with E-state index in [9.17, 15) is 0 Å². The molecule has 0 heterocycles. The topological polar surface area (TPSA) is 84.6 Å². The maximum absolute atomic E-state index is 7.75. The van der Waals surface area contributed by atoms with Crippen LogP contribution in [0.2, 0.25) is 0 Å². The van der Waals surface area contributed by atoms with Gasteiger partial charge in [0.1, 0.15) is 11.5 Å². The minimum atomic E-state index is 0.182. The molecule has 156 valence electrons. The minimum absolute atomic E-state index is 0.182. The van der Waals surface area contributed by atoms with Gasteiger partial charge in [-0.05, 0) is 81.6 Å². The second-order valence-corrected chi connectivity index (χ2v) is 6.33. The van der Waals surface area contributed by atoms with Crippen LogP contribution in [0.5, 0.6) is 11.5 Å². The van der Waals surface area contributed by atoms with Crippen molar-refractivity contribution in [2.75, 3.05) is 26.4 Å². The number of hydrogen-bond acceptors (Lipinski definition) is 6. The largest absolute Gasteiger partial charge is 0.494 e. The summed E-state index contributed by atoms with van der Waals surface area (Å²) in [6.07, 6.45) is 2.91. The lowest BCUT2D eigenvalue weighted by atomic mass is 10.2. The maximum Gasteiger partial charge on any atom is 0.213 e. The van der Waals surface area contributed by atoms with Crippen LogP contribution in [-0.4, -0.2) is 38.2 Å². The predicted octanol–water partition coefficient (Wildman–Crippen LogP) is 5.04. The summed E-state index contributed by atoms with van der Waals surface area (Å²) in [7, 11) is 0. The highest BCUT2D eigenvalue weighted by Gasteiger charge is 2.03. The first kappa shape index (κ1) is 22.3. The third kappa shape index (κ3) is 7.86. The highest BCUT2D eigenvalue weighted by atomic mass is 16.5. The van der Waals surface area contributed by atoms with Gasteiger partial charge >= 0.3 is 0 Å². The van der Waals surface area contributed by atoms with Crippen LogP contribution in [-0.2, 0) is 9.47 Å². The van der Waals surface area contributed by atoms with E-state index in [2.05, 4.69) is 0 Å². The van der Waals surface area contributed by atoms with E-state index in [4.69, 9.17) is 29.8 Å². The summed E-state index contributed by atoms with van der Waals surface area (Å²) in [6.45, 7) is 6.01. The van der Waals surface area contributed by atoms with Crippen LogP contribution in [0.3, 0.4) is 0 Å². The molecular weight excluding hydrogens is 368 g/mol. The van der Waals surface area contributed by atoms with Crippen LogP contribution in [0.25, 0.3) is 0 Å². The van der Waals surface area contributed by atoms with E-state index in [0.29, 0.717) is 26.4 Å². The Morgan fingerprint density at radius 3 is 1.34 bits per heavy atom. The quantitative estimate of drug-likeness (QED) is 0.298. The maximum atomic E-state index is 7.75. The second kappa shape index (κ2) is 12.4. The fourth-order valence-corrected chi connectivity index (χ4v) is 2.62. The number of benzene rings is 2. The van der Waals surface area contributed by atoms with Crippen LogP contribution in [0.15, 0.2) is 48.5 Å². The number of ether oxygens (including phenoxy) is 4. The summed E-state index contributed by atoms with van der Waals surface area (Å²) in [4.78, 5) is 0. The highest BCUT2D eigenvalue weighted by molar-refractivity contribution is 5.92. The van der Waals surface area contributed by atoms with Crippen molar-refractivity contribution < 1.29 is 18.9 Å². The molecule has 0 saturated heterocycles.